The Kier molecular flexibility index (Phi) is 6.80. The third kappa shape index (κ3) is 5.64. The maximum absolute atomic E-state index is 12.3. The lowest BCUT2D eigenvalue weighted by Crippen LogP contribution is -2.26. The summed E-state index contributed by atoms with van der Waals surface area (Å²) in [5, 5.41) is 9.22. The molecule has 9 heteroatoms. The molecule has 1 fully saturated rings. The van der Waals surface area contributed by atoms with Gasteiger partial charge in [-0.05, 0) is 43.5 Å². The number of primary amides is 1. The van der Waals surface area contributed by atoms with E-state index in [4.69, 9.17) is 10.5 Å². The number of nitrogens with one attached hydrogen (secondary N) is 3. The van der Waals surface area contributed by atoms with Crippen molar-refractivity contribution in [1.82, 2.24) is 9.97 Å². The lowest BCUT2D eigenvalue weighted by atomic mass is 10.1. The zero-order valence-corrected chi connectivity index (χ0v) is 18.2. The van der Waals surface area contributed by atoms with Gasteiger partial charge < -0.3 is 26.4 Å². The van der Waals surface area contributed by atoms with Gasteiger partial charge in [0.2, 0.25) is 5.95 Å². The van der Waals surface area contributed by atoms with Crippen molar-refractivity contribution in [1.29, 1.82) is 0 Å². The normalized spacial score (nSPS) is 16.1. The number of nitrogens with zero attached hydrogens (tertiary/aromatic N) is 2. The molecule has 0 aliphatic carbocycles. The maximum Gasteiger partial charge on any atom is 0.254 e. The van der Waals surface area contributed by atoms with Gasteiger partial charge in [-0.2, -0.15) is 4.98 Å². The molecule has 0 spiro atoms. The van der Waals surface area contributed by atoms with E-state index < -0.39 is 12.0 Å². The average molecular weight is 447 g/mol. The van der Waals surface area contributed by atoms with Crippen LogP contribution in [0.5, 0.6) is 0 Å². The van der Waals surface area contributed by atoms with E-state index in [0.29, 0.717) is 23.8 Å². The van der Waals surface area contributed by atoms with E-state index in [1.54, 1.807) is 12.1 Å². The Balaban J connectivity index is 1.50. The predicted molar refractivity (Wildman–Crippen MR) is 126 cm³/mol. The van der Waals surface area contributed by atoms with E-state index in [0.717, 1.165) is 18.4 Å². The Bertz CT molecular complexity index is 1130. The summed E-state index contributed by atoms with van der Waals surface area (Å²) in [5.41, 5.74) is 8.06. The predicted octanol–water partition coefficient (Wildman–Crippen LogP) is 3.61. The Hall–Kier alpha value is -3.98. The number of nitrogens with two attached hydrogens (primary N) is 1. The molecule has 4 rings (SSSR count). The highest BCUT2D eigenvalue weighted by atomic mass is 16.5. The van der Waals surface area contributed by atoms with E-state index >= 15 is 0 Å². The largest absolute Gasteiger partial charge is 0.368 e. The second-order valence-corrected chi connectivity index (χ2v) is 7.79. The molecule has 170 valence electrons. The van der Waals surface area contributed by atoms with Crippen molar-refractivity contribution in [3.8, 4) is 0 Å². The van der Waals surface area contributed by atoms with Crippen LogP contribution in [0.4, 0.5) is 23.1 Å². The second-order valence-electron chi connectivity index (χ2n) is 7.79. The van der Waals surface area contributed by atoms with Gasteiger partial charge >= 0.3 is 0 Å². The van der Waals surface area contributed by atoms with Crippen molar-refractivity contribution in [3.05, 3.63) is 71.9 Å². The first-order valence-corrected chi connectivity index (χ1v) is 10.8. The highest BCUT2D eigenvalue weighted by Crippen LogP contribution is 2.24. The van der Waals surface area contributed by atoms with Crippen molar-refractivity contribution < 1.29 is 14.3 Å². The monoisotopic (exact) mass is 446 g/mol. The minimum absolute atomic E-state index is 0.108. The van der Waals surface area contributed by atoms with Crippen LogP contribution >= 0.6 is 0 Å². The van der Waals surface area contributed by atoms with Gasteiger partial charge in [0, 0.05) is 30.2 Å². The van der Waals surface area contributed by atoms with Crippen LogP contribution in [0.1, 0.15) is 41.7 Å². The molecule has 1 saturated heterocycles. The van der Waals surface area contributed by atoms with Gasteiger partial charge in [-0.25, -0.2) is 4.98 Å². The molecule has 1 aromatic heterocycles. The fourth-order valence-electron chi connectivity index (χ4n) is 3.57. The number of hydrogen-bond acceptors (Lipinski definition) is 7. The number of benzene rings is 2. The quantitative estimate of drug-likeness (QED) is 0.416. The number of anilines is 4. The fourth-order valence-corrected chi connectivity index (χ4v) is 3.57. The van der Waals surface area contributed by atoms with Gasteiger partial charge in [0.1, 0.15) is 11.9 Å². The zero-order chi connectivity index (χ0) is 23.2. The number of carbonyl (C=O) groups is 2. The van der Waals surface area contributed by atoms with Crippen molar-refractivity contribution in [2.45, 2.75) is 31.9 Å². The van der Waals surface area contributed by atoms with Crippen molar-refractivity contribution in [2.24, 2.45) is 5.73 Å². The number of aromatic nitrogens is 2. The first-order valence-electron chi connectivity index (χ1n) is 10.8. The number of ether oxygens (including phenoxy) is 1. The molecule has 0 bridgehead atoms. The topological polar surface area (TPSA) is 131 Å². The molecular weight excluding hydrogens is 420 g/mol. The van der Waals surface area contributed by atoms with Crippen LogP contribution in [0.15, 0.2) is 60.8 Å². The summed E-state index contributed by atoms with van der Waals surface area (Å²) >= 11 is 0. The van der Waals surface area contributed by atoms with Gasteiger partial charge in [0.25, 0.3) is 11.8 Å². The highest BCUT2D eigenvalue weighted by Gasteiger charge is 2.23. The number of carbonyl (C=O) groups excluding carboxylic acids is 2. The molecule has 0 radical (unpaired) electrons. The molecule has 5 N–H and O–H groups in total. The summed E-state index contributed by atoms with van der Waals surface area (Å²) in [5.74, 6) is -0.166. The van der Waals surface area contributed by atoms with Gasteiger partial charge in [-0.3, -0.25) is 9.59 Å². The van der Waals surface area contributed by atoms with Crippen molar-refractivity contribution in [2.75, 3.05) is 22.6 Å². The summed E-state index contributed by atoms with van der Waals surface area (Å²) in [6.45, 7) is 2.58. The number of amides is 2. The molecule has 3 aromatic rings. The zero-order valence-electron chi connectivity index (χ0n) is 18.2. The minimum atomic E-state index is -0.622. The van der Waals surface area contributed by atoms with Crippen LogP contribution < -0.4 is 21.7 Å². The highest BCUT2D eigenvalue weighted by molar-refractivity contribution is 5.97. The molecule has 2 heterocycles. The van der Waals surface area contributed by atoms with Crippen LogP contribution in [0.2, 0.25) is 0 Å². The summed E-state index contributed by atoms with van der Waals surface area (Å²) in [6.07, 6.45) is 2.59. The van der Waals surface area contributed by atoms with Gasteiger partial charge in [0.15, 0.2) is 0 Å². The Morgan fingerprint density at radius 2 is 1.91 bits per heavy atom. The Labute approximate surface area is 191 Å². The van der Waals surface area contributed by atoms with E-state index in [2.05, 4.69) is 25.9 Å². The molecule has 0 saturated carbocycles. The molecule has 2 aromatic carbocycles. The molecule has 1 aliphatic rings. The summed E-state index contributed by atoms with van der Waals surface area (Å²) in [7, 11) is 0. The van der Waals surface area contributed by atoms with Crippen LogP contribution in [-0.4, -0.2) is 34.5 Å². The first kappa shape index (κ1) is 22.2. The van der Waals surface area contributed by atoms with Crippen LogP contribution in [0.3, 0.4) is 0 Å². The van der Waals surface area contributed by atoms with E-state index in [-0.39, 0.29) is 23.5 Å². The first-order chi connectivity index (χ1) is 16.0. The molecule has 33 heavy (non-hydrogen) atoms. The van der Waals surface area contributed by atoms with Crippen LogP contribution in [0.25, 0.3) is 0 Å². The standard InChI is InChI=1S/C24H26N6O3/c1-15(16-7-3-2-4-8-16)27-22-19(21(25)31)14-26-24(30-22)29-18-10-5-9-17(13-18)28-23(32)20-11-6-12-33-20/h2-5,7-10,13-15,20H,6,11-12H2,1H3,(H2,25,31)(H,28,32)(H2,26,27,29,30)/t15-,20+/m1/s1. The number of rotatable bonds is 8. The maximum atomic E-state index is 12.3. The number of hydrogen-bond donors (Lipinski definition) is 4. The molecular formula is C24H26N6O3. The SMILES string of the molecule is C[C@@H](Nc1nc(Nc2cccc(NC(=O)[C@@H]3CCCO3)c2)ncc1C(N)=O)c1ccccc1. The van der Waals surface area contributed by atoms with Gasteiger partial charge in [-0.1, -0.05) is 36.4 Å². The summed E-state index contributed by atoms with van der Waals surface area (Å²) in [4.78, 5) is 32.9. The fraction of sp³-hybridized carbons (Fsp3) is 0.250. The molecule has 0 unspecified atom stereocenters. The molecule has 2 amide bonds. The molecule has 2 atom stereocenters. The lowest BCUT2D eigenvalue weighted by molar-refractivity contribution is -0.124. The van der Waals surface area contributed by atoms with E-state index in [9.17, 15) is 9.59 Å². The average Bonchev–Trinajstić information content (AvgIpc) is 3.35. The third-order valence-electron chi connectivity index (χ3n) is 5.32. The van der Waals surface area contributed by atoms with Crippen LogP contribution in [-0.2, 0) is 9.53 Å². The van der Waals surface area contributed by atoms with Gasteiger partial charge in [-0.15, -0.1) is 0 Å². The lowest BCUT2D eigenvalue weighted by Gasteiger charge is -2.17. The Morgan fingerprint density at radius 1 is 1.12 bits per heavy atom. The van der Waals surface area contributed by atoms with E-state index in [1.165, 1.54) is 6.20 Å². The summed E-state index contributed by atoms with van der Waals surface area (Å²) in [6, 6.07) is 16.9. The Morgan fingerprint density at radius 3 is 2.64 bits per heavy atom. The smallest absolute Gasteiger partial charge is 0.254 e. The summed E-state index contributed by atoms with van der Waals surface area (Å²) < 4.78 is 5.43. The molecule has 9 nitrogen and oxygen atoms in total. The molecule has 1 aliphatic heterocycles. The van der Waals surface area contributed by atoms with Crippen LogP contribution in [0, 0.1) is 0 Å². The second kappa shape index (κ2) is 10.1. The van der Waals surface area contributed by atoms with E-state index in [1.807, 2.05) is 49.4 Å². The van der Waals surface area contributed by atoms with Crippen molar-refractivity contribution >= 4 is 35.0 Å². The minimum Gasteiger partial charge on any atom is -0.368 e. The van der Waals surface area contributed by atoms with Gasteiger partial charge in [0.05, 0.1) is 5.56 Å². The van der Waals surface area contributed by atoms with Crippen molar-refractivity contribution in [3.63, 3.8) is 0 Å². The third-order valence-corrected chi connectivity index (χ3v) is 5.32.